The van der Waals surface area contributed by atoms with E-state index in [4.69, 9.17) is 9.47 Å². The first-order valence-electron chi connectivity index (χ1n) is 12.4. The van der Waals surface area contributed by atoms with Gasteiger partial charge in [-0.3, -0.25) is 4.79 Å². The summed E-state index contributed by atoms with van der Waals surface area (Å²) < 4.78 is 11.5. The number of rotatable bonds is 7. The fourth-order valence-corrected chi connectivity index (χ4v) is 5.19. The molecule has 0 radical (unpaired) electrons. The molecule has 0 amide bonds. The highest BCUT2D eigenvalue weighted by Crippen LogP contribution is 2.39. The van der Waals surface area contributed by atoms with Crippen LogP contribution in [0.15, 0.2) is 36.4 Å². The molecule has 4 heteroatoms. The molecule has 2 fully saturated rings. The first-order valence-corrected chi connectivity index (χ1v) is 12.4. The summed E-state index contributed by atoms with van der Waals surface area (Å²) in [5, 5.41) is 6.04. The van der Waals surface area contributed by atoms with Gasteiger partial charge in [0.1, 0.15) is 5.75 Å². The molecule has 2 saturated carbocycles. The number of fused-ring (bicyclic) bond motifs is 1. The maximum absolute atomic E-state index is 11.7. The lowest BCUT2D eigenvalue weighted by Crippen LogP contribution is -2.44. The summed E-state index contributed by atoms with van der Waals surface area (Å²) in [5.74, 6) is 1.83. The number of hydrogen-bond acceptors (Lipinski definition) is 4. The van der Waals surface area contributed by atoms with Crippen LogP contribution in [0.1, 0.15) is 71.8 Å². The van der Waals surface area contributed by atoms with E-state index in [9.17, 15) is 4.79 Å². The molecule has 0 bridgehead atoms. The number of benzene rings is 2. The lowest BCUT2D eigenvalue weighted by Gasteiger charge is -2.37. The Hall–Kier alpha value is -2.07. The SMILES string of the molecule is CCOC(=O)C1CC(NCc2ccc3cc(OC4CCC(C(C)(C)C)CC4)ccc3c2)C1. The van der Waals surface area contributed by atoms with Gasteiger partial charge in [0, 0.05) is 12.6 Å². The lowest BCUT2D eigenvalue weighted by molar-refractivity contribution is -0.151. The topological polar surface area (TPSA) is 47.6 Å². The fourth-order valence-electron chi connectivity index (χ4n) is 5.19. The van der Waals surface area contributed by atoms with Crippen LogP contribution in [0.25, 0.3) is 10.8 Å². The zero-order chi connectivity index (χ0) is 22.7. The van der Waals surface area contributed by atoms with E-state index in [1.807, 2.05) is 6.92 Å². The number of esters is 1. The Morgan fingerprint density at radius 3 is 2.38 bits per heavy atom. The Kier molecular flexibility index (Phi) is 7.09. The number of nitrogens with one attached hydrogen (secondary N) is 1. The van der Waals surface area contributed by atoms with E-state index in [-0.39, 0.29) is 11.9 Å². The summed E-state index contributed by atoms with van der Waals surface area (Å²) in [6.45, 7) is 10.2. The van der Waals surface area contributed by atoms with Crippen LogP contribution in [-0.4, -0.2) is 24.7 Å². The van der Waals surface area contributed by atoms with Crippen LogP contribution in [0, 0.1) is 17.3 Å². The summed E-state index contributed by atoms with van der Waals surface area (Å²) in [4.78, 5) is 11.7. The number of carbonyl (C=O) groups is 1. The van der Waals surface area contributed by atoms with Gasteiger partial charge in [-0.25, -0.2) is 0 Å². The predicted octanol–water partition coefficient (Wildman–Crippen LogP) is 6.25. The first-order chi connectivity index (χ1) is 15.3. The lowest BCUT2D eigenvalue weighted by atomic mass is 9.72. The third-order valence-electron chi connectivity index (χ3n) is 7.43. The Bertz CT molecular complexity index is 918. The largest absolute Gasteiger partial charge is 0.490 e. The van der Waals surface area contributed by atoms with E-state index < -0.39 is 0 Å². The van der Waals surface area contributed by atoms with Crippen LogP contribution in [0.2, 0.25) is 0 Å². The van der Waals surface area contributed by atoms with Crippen molar-refractivity contribution in [1.29, 1.82) is 0 Å². The van der Waals surface area contributed by atoms with Crippen molar-refractivity contribution >= 4 is 16.7 Å². The van der Waals surface area contributed by atoms with E-state index in [1.165, 1.54) is 29.2 Å². The van der Waals surface area contributed by atoms with Crippen LogP contribution in [0.3, 0.4) is 0 Å². The van der Waals surface area contributed by atoms with Gasteiger partial charge in [0.25, 0.3) is 0 Å². The average Bonchev–Trinajstić information content (AvgIpc) is 2.72. The summed E-state index contributed by atoms with van der Waals surface area (Å²) in [6, 6.07) is 13.5. The standard InChI is InChI=1S/C28H39NO3/c1-5-31-27(30)22-15-24(16-22)29-18-19-6-7-21-17-26(11-8-20(21)14-19)32-25-12-9-23(10-13-25)28(2,3)4/h6-8,11,14,17,22-25,29H,5,9-10,12-13,15-16,18H2,1-4H3. The molecule has 0 saturated heterocycles. The molecule has 1 N–H and O–H groups in total. The average molecular weight is 438 g/mol. The highest BCUT2D eigenvalue weighted by molar-refractivity contribution is 5.84. The van der Waals surface area contributed by atoms with E-state index in [0.717, 1.165) is 43.9 Å². The van der Waals surface area contributed by atoms with Gasteiger partial charge in [-0.1, -0.05) is 39.0 Å². The quantitative estimate of drug-likeness (QED) is 0.520. The van der Waals surface area contributed by atoms with E-state index in [0.29, 0.717) is 24.2 Å². The molecular formula is C28H39NO3. The molecule has 174 valence electrons. The molecule has 0 unspecified atom stereocenters. The van der Waals surface area contributed by atoms with E-state index in [2.05, 4.69) is 62.5 Å². The number of carbonyl (C=O) groups excluding carboxylic acids is 1. The molecule has 0 aliphatic heterocycles. The van der Waals surface area contributed by atoms with Crippen LogP contribution >= 0.6 is 0 Å². The highest BCUT2D eigenvalue weighted by Gasteiger charge is 2.35. The zero-order valence-electron chi connectivity index (χ0n) is 20.2. The molecule has 4 nitrogen and oxygen atoms in total. The van der Waals surface area contributed by atoms with Gasteiger partial charge in [-0.15, -0.1) is 0 Å². The second-order valence-electron chi connectivity index (χ2n) is 10.8. The van der Waals surface area contributed by atoms with Crippen LogP contribution in [0.5, 0.6) is 5.75 Å². The van der Waals surface area contributed by atoms with Gasteiger partial charge in [-0.2, -0.15) is 0 Å². The molecule has 0 atom stereocenters. The first kappa shape index (κ1) is 23.1. The summed E-state index contributed by atoms with van der Waals surface area (Å²) in [6.07, 6.45) is 6.94. The molecule has 0 heterocycles. The van der Waals surface area contributed by atoms with Crippen LogP contribution < -0.4 is 10.1 Å². The Balaban J connectivity index is 1.27. The van der Waals surface area contributed by atoms with Crippen molar-refractivity contribution in [2.45, 2.75) is 84.9 Å². The van der Waals surface area contributed by atoms with Gasteiger partial charge in [0.15, 0.2) is 0 Å². The molecule has 2 aliphatic carbocycles. The Morgan fingerprint density at radius 1 is 1.00 bits per heavy atom. The molecule has 0 aromatic heterocycles. The van der Waals surface area contributed by atoms with Crippen molar-refractivity contribution in [1.82, 2.24) is 5.32 Å². The minimum absolute atomic E-state index is 0.0449. The molecule has 2 aromatic carbocycles. The monoisotopic (exact) mass is 437 g/mol. The third-order valence-corrected chi connectivity index (χ3v) is 7.43. The maximum Gasteiger partial charge on any atom is 0.309 e. The van der Waals surface area contributed by atoms with E-state index in [1.54, 1.807) is 0 Å². The second kappa shape index (κ2) is 9.82. The zero-order valence-corrected chi connectivity index (χ0v) is 20.2. The van der Waals surface area contributed by atoms with Crippen molar-refractivity contribution < 1.29 is 14.3 Å². The molecular weight excluding hydrogens is 398 g/mol. The number of ether oxygens (including phenoxy) is 2. The van der Waals surface area contributed by atoms with Gasteiger partial charge in [-0.05, 0) is 91.3 Å². The fraction of sp³-hybridized carbons (Fsp3) is 0.607. The van der Waals surface area contributed by atoms with Crippen LogP contribution in [0.4, 0.5) is 0 Å². The van der Waals surface area contributed by atoms with Crippen molar-refractivity contribution in [2.24, 2.45) is 17.3 Å². The molecule has 2 aromatic rings. The normalized spacial score (nSPS) is 25.9. The minimum atomic E-state index is -0.0449. The van der Waals surface area contributed by atoms with Crippen LogP contribution in [-0.2, 0) is 16.1 Å². The van der Waals surface area contributed by atoms with E-state index >= 15 is 0 Å². The Labute approximate surface area is 193 Å². The van der Waals surface area contributed by atoms with Crippen molar-refractivity contribution in [3.05, 3.63) is 42.0 Å². The van der Waals surface area contributed by atoms with Gasteiger partial charge >= 0.3 is 5.97 Å². The van der Waals surface area contributed by atoms with Crippen molar-refractivity contribution in [2.75, 3.05) is 6.61 Å². The molecule has 2 aliphatic rings. The number of hydrogen-bond donors (Lipinski definition) is 1. The molecule has 32 heavy (non-hydrogen) atoms. The van der Waals surface area contributed by atoms with Crippen molar-refractivity contribution in [3.63, 3.8) is 0 Å². The highest BCUT2D eigenvalue weighted by atomic mass is 16.5. The second-order valence-corrected chi connectivity index (χ2v) is 10.8. The third kappa shape index (κ3) is 5.64. The summed E-state index contributed by atoms with van der Waals surface area (Å²) in [7, 11) is 0. The predicted molar refractivity (Wildman–Crippen MR) is 130 cm³/mol. The van der Waals surface area contributed by atoms with Gasteiger partial charge in [0.2, 0.25) is 0 Å². The molecule has 0 spiro atoms. The van der Waals surface area contributed by atoms with Gasteiger partial charge < -0.3 is 14.8 Å². The smallest absolute Gasteiger partial charge is 0.309 e. The summed E-state index contributed by atoms with van der Waals surface area (Å²) >= 11 is 0. The Morgan fingerprint density at radius 2 is 1.69 bits per heavy atom. The summed E-state index contributed by atoms with van der Waals surface area (Å²) in [5.41, 5.74) is 1.67. The van der Waals surface area contributed by atoms with Crippen molar-refractivity contribution in [3.8, 4) is 5.75 Å². The van der Waals surface area contributed by atoms with Gasteiger partial charge in [0.05, 0.1) is 18.6 Å². The minimum Gasteiger partial charge on any atom is -0.490 e. The maximum atomic E-state index is 11.7. The molecule has 4 rings (SSSR count).